The first-order valence-corrected chi connectivity index (χ1v) is 12.3. The zero-order valence-corrected chi connectivity index (χ0v) is 18.8. The van der Waals surface area contributed by atoms with Gasteiger partial charge in [-0.1, -0.05) is 25.5 Å². The van der Waals surface area contributed by atoms with Gasteiger partial charge in [-0.3, -0.25) is 4.79 Å². The average Bonchev–Trinajstić information content (AvgIpc) is 2.96. The SMILES string of the molecule is CC(=O)O[C@H]1CC[C@@]2(C)C(=CCC3C2CC[C@]2(C)C(OS(=O)(=O)C(F)(F)F)=CCC32)C1. The molecule has 2 saturated carbocycles. The zero-order chi connectivity index (χ0) is 22.8. The highest BCUT2D eigenvalue weighted by molar-refractivity contribution is 7.87. The van der Waals surface area contributed by atoms with Crippen LogP contribution in [0.5, 0.6) is 0 Å². The second-order valence-electron chi connectivity index (χ2n) is 9.98. The molecule has 4 aliphatic carbocycles. The van der Waals surface area contributed by atoms with Crippen LogP contribution in [0, 0.1) is 28.6 Å². The molecule has 6 atom stereocenters. The summed E-state index contributed by atoms with van der Waals surface area (Å²) in [6, 6.07) is 0. The lowest BCUT2D eigenvalue weighted by molar-refractivity contribution is -0.148. The number of ether oxygens (including phenoxy) is 1. The van der Waals surface area contributed by atoms with Crippen molar-refractivity contribution in [3.05, 3.63) is 23.5 Å². The fourth-order valence-corrected chi connectivity index (χ4v) is 7.37. The summed E-state index contributed by atoms with van der Waals surface area (Å²) in [5.41, 5.74) is -4.86. The van der Waals surface area contributed by atoms with Crippen LogP contribution in [0.2, 0.25) is 0 Å². The highest BCUT2D eigenvalue weighted by Gasteiger charge is 2.59. The number of allylic oxidation sites excluding steroid dienone is 3. The average molecular weight is 463 g/mol. The summed E-state index contributed by atoms with van der Waals surface area (Å²) in [4.78, 5) is 11.4. The number of alkyl halides is 3. The Labute approximate surface area is 181 Å². The molecule has 0 aromatic heterocycles. The van der Waals surface area contributed by atoms with Crippen molar-refractivity contribution in [1.82, 2.24) is 0 Å². The van der Waals surface area contributed by atoms with Crippen LogP contribution in [-0.2, 0) is 23.8 Å². The summed E-state index contributed by atoms with van der Waals surface area (Å²) in [5, 5.41) is 0. The number of hydrogen-bond donors (Lipinski definition) is 0. The van der Waals surface area contributed by atoms with Gasteiger partial charge in [0.05, 0.1) is 0 Å². The first-order chi connectivity index (χ1) is 14.3. The molecule has 0 saturated heterocycles. The number of carbonyl (C=O) groups is 1. The van der Waals surface area contributed by atoms with E-state index in [-0.39, 0.29) is 35.1 Å². The van der Waals surface area contributed by atoms with Crippen molar-refractivity contribution in [1.29, 1.82) is 0 Å². The van der Waals surface area contributed by atoms with Gasteiger partial charge < -0.3 is 8.92 Å². The molecule has 0 bridgehead atoms. The van der Waals surface area contributed by atoms with E-state index in [1.54, 1.807) is 6.08 Å². The van der Waals surface area contributed by atoms with Crippen LogP contribution >= 0.6 is 0 Å². The van der Waals surface area contributed by atoms with Gasteiger partial charge in [0.2, 0.25) is 0 Å². The minimum atomic E-state index is -5.67. The van der Waals surface area contributed by atoms with E-state index in [2.05, 4.69) is 17.2 Å². The molecule has 0 spiro atoms. The van der Waals surface area contributed by atoms with Crippen LogP contribution in [0.15, 0.2) is 23.5 Å². The smallest absolute Gasteiger partial charge is 0.462 e. The molecular weight excluding hydrogens is 433 g/mol. The van der Waals surface area contributed by atoms with E-state index >= 15 is 0 Å². The largest absolute Gasteiger partial charge is 0.534 e. The monoisotopic (exact) mass is 462 g/mol. The molecule has 0 aliphatic heterocycles. The van der Waals surface area contributed by atoms with E-state index in [0.29, 0.717) is 18.8 Å². The van der Waals surface area contributed by atoms with E-state index in [1.165, 1.54) is 12.5 Å². The molecule has 9 heteroatoms. The predicted octanol–water partition coefficient (Wildman–Crippen LogP) is 5.24. The lowest BCUT2D eigenvalue weighted by Crippen LogP contribution is -2.50. The topological polar surface area (TPSA) is 69.7 Å². The van der Waals surface area contributed by atoms with Crippen LogP contribution in [0.25, 0.3) is 0 Å². The molecule has 0 N–H and O–H groups in total. The lowest BCUT2D eigenvalue weighted by atomic mass is 9.48. The van der Waals surface area contributed by atoms with Gasteiger partial charge in [0, 0.05) is 18.8 Å². The predicted molar refractivity (Wildman–Crippen MR) is 107 cm³/mol. The third kappa shape index (κ3) is 3.60. The zero-order valence-electron chi connectivity index (χ0n) is 18.0. The lowest BCUT2D eigenvalue weighted by Gasteiger charge is -2.57. The molecule has 0 radical (unpaired) electrons. The van der Waals surface area contributed by atoms with Crippen LogP contribution in [0.1, 0.15) is 65.7 Å². The fraction of sp³-hybridized carbons (Fsp3) is 0.773. The highest BCUT2D eigenvalue weighted by Crippen LogP contribution is 2.65. The van der Waals surface area contributed by atoms with Crippen LogP contribution < -0.4 is 0 Å². The van der Waals surface area contributed by atoms with Gasteiger partial charge in [-0.2, -0.15) is 21.6 Å². The first kappa shape index (κ1) is 22.7. The van der Waals surface area contributed by atoms with E-state index < -0.39 is 21.0 Å². The Morgan fingerprint density at radius 1 is 1.06 bits per heavy atom. The van der Waals surface area contributed by atoms with Crippen molar-refractivity contribution >= 4 is 16.1 Å². The van der Waals surface area contributed by atoms with Gasteiger partial charge in [-0.15, -0.1) is 0 Å². The van der Waals surface area contributed by atoms with E-state index in [1.807, 2.05) is 6.92 Å². The van der Waals surface area contributed by atoms with Crippen molar-refractivity contribution in [2.45, 2.75) is 77.3 Å². The van der Waals surface area contributed by atoms with E-state index in [4.69, 9.17) is 4.74 Å². The van der Waals surface area contributed by atoms with Crippen LogP contribution in [-0.4, -0.2) is 26.0 Å². The third-order valence-electron chi connectivity index (χ3n) is 8.38. The Bertz CT molecular complexity index is 937. The summed E-state index contributed by atoms with van der Waals surface area (Å²) < 4.78 is 71.9. The number of carbonyl (C=O) groups excluding carboxylic acids is 1. The fourth-order valence-electron chi connectivity index (χ4n) is 6.79. The summed E-state index contributed by atoms with van der Waals surface area (Å²) in [5.74, 6) is 0.353. The normalized spacial score (nSPS) is 40.1. The Morgan fingerprint density at radius 2 is 1.74 bits per heavy atom. The van der Waals surface area contributed by atoms with Crippen molar-refractivity contribution in [2.24, 2.45) is 28.6 Å². The molecule has 4 rings (SSSR count). The number of esters is 1. The molecule has 2 fully saturated rings. The van der Waals surface area contributed by atoms with Gasteiger partial charge in [0.15, 0.2) is 0 Å². The maximum absolute atomic E-state index is 12.9. The Hall–Kier alpha value is -1.51. The second kappa shape index (κ2) is 7.25. The van der Waals surface area contributed by atoms with Gasteiger partial charge in [0.1, 0.15) is 11.9 Å². The minimum Gasteiger partial charge on any atom is -0.462 e. The number of hydrogen-bond acceptors (Lipinski definition) is 5. The molecule has 0 amide bonds. The molecule has 31 heavy (non-hydrogen) atoms. The number of rotatable bonds is 3. The maximum Gasteiger partial charge on any atom is 0.534 e. The van der Waals surface area contributed by atoms with Gasteiger partial charge in [-0.05, 0) is 67.8 Å². The van der Waals surface area contributed by atoms with Crippen molar-refractivity contribution in [2.75, 3.05) is 0 Å². The molecule has 0 aromatic rings. The Kier molecular flexibility index (Phi) is 5.30. The van der Waals surface area contributed by atoms with Gasteiger partial charge >= 0.3 is 21.6 Å². The van der Waals surface area contributed by atoms with Crippen molar-refractivity contribution < 1.29 is 35.3 Å². The quantitative estimate of drug-likeness (QED) is 0.248. The van der Waals surface area contributed by atoms with Crippen molar-refractivity contribution in [3.8, 4) is 0 Å². The summed E-state index contributed by atoms with van der Waals surface area (Å²) >= 11 is 0. The van der Waals surface area contributed by atoms with Crippen LogP contribution in [0.4, 0.5) is 13.2 Å². The molecule has 0 aromatic carbocycles. The molecule has 5 nitrogen and oxygen atoms in total. The molecule has 174 valence electrons. The summed E-state index contributed by atoms with van der Waals surface area (Å²) in [7, 11) is -5.67. The second-order valence-corrected chi connectivity index (χ2v) is 11.5. The van der Waals surface area contributed by atoms with Gasteiger partial charge in [0.25, 0.3) is 0 Å². The third-order valence-corrected chi connectivity index (χ3v) is 9.35. The summed E-state index contributed by atoms with van der Waals surface area (Å²) in [6.45, 7) is 5.53. The van der Waals surface area contributed by atoms with Crippen LogP contribution in [0.3, 0.4) is 0 Å². The first-order valence-electron chi connectivity index (χ1n) is 10.9. The molecule has 3 unspecified atom stereocenters. The molecular formula is C22H29F3O5S. The van der Waals surface area contributed by atoms with E-state index in [0.717, 1.165) is 32.1 Å². The van der Waals surface area contributed by atoms with Gasteiger partial charge in [-0.25, -0.2) is 0 Å². The number of fused-ring (bicyclic) bond motifs is 5. The maximum atomic E-state index is 12.9. The Morgan fingerprint density at radius 3 is 2.39 bits per heavy atom. The summed E-state index contributed by atoms with van der Waals surface area (Å²) in [6.07, 6.45) is 8.84. The molecule has 4 aliphatic rings. The van der Waals surface area contributed by atoms with Crippen molar-refractivity contribution in [3.63, 3.8) is 0 Å². The highest BCUT2D eigenvalue weighted by atomic mass is 32.2. The Balaban J connectivity index is 1.55. The minimum absolute atomic E-state index is 0.0252. The van der Waals surface area contributed by atoms with E-state index in [9.17, 15) is 26.4 Å². The molecule has 0 heterocycles. The number of halogens is 3. The standard InChI is InChI=1S/C22H29F3O5S/c1-13(26)29-15-8-10-20(2)14(12-15)4-5-16-17-6-7-19(21(17,3)11-9-18(16)20)30-31(27,28)22(23,24)25/h4,7,15-18H,5-6,8-12H2,1-3H3/t15-,16?,17?,18?,20-,21-/m0/s1.